The van der Waals surface area contributed by atoms with Crippen LogP contribution in [0.3, 0.4) is 0 Å². The molecule has 0 heterocycles. The number of ether oxygens (including phenoxy) is 1. The van der Waals surface area contributed by atoms with E-state index in [1.54, 1.807) is 6.07 Å². The number of nitrogens with one attached hydrogen (secondary N) is 1. The SMILES string of the molecule is COC(=O)c1cc(C)ccc1NCc1cc(Cl)ccc1Br. The minimum atomic E-state index is -0.355. The average Bonchev–Trinajstić information content (AvgIpc) is 2.48. The molecule has 0 unspecified atom stereocenters. The Morgan fingerprint density at radius 3 is 2.76 bits per heavy atom. The average molecular weight is 369 g/mol. The number of hydrogen-bond donors (Lipinski definition) is 1. The fourth-order valence-electron chi connectivity index (χ4n) is 1.96. The minimum Gasteiger partial charge on any atom is -0.465 e. The third-order valence-electron chi connectivity index (χ3n) is 3.06. The molecule has 2 aromatic rings. The van der Waals surface area contributed by atoms with Crippen LogP contribution in [-0.4, -0.2) is 13.1 Å². The molecule has 110 valence electrons. The van der Waals surface area contributed by atoms with Gasteiger partial charge in [0.25, 0.3) is 0 Å². The van der Waals surface area contributed by atoms with Gasteiger partial charge in [-0.05, 0) is 42.8 Å². The molecule has 0 aliphatic rings. The fraction of sp³-hybridized carbons (Fsp3) is 0.188. The van der Waals surface area contributed by atoms with Crippen molar-refractivity contribution in [1.29, 1.82) is 0 Å². The zero-order valence-electron chi connectivity index (χ0n) is 11.7. The molecule has 0 fully saturated rings. The highest BCUT2D eigenvalue weighted by Crippen LogP contribution is 2.24. The zero-order chi connectivity index (χ0) is 15.4. The number of benzene rings is 2. The number of carbonyl (C=O) groups is 1. The number of halogens is 2. The van der Waals surface area contributed by atoms with Gasteiger partial charge in [0.15, 0.2) is 0 Å². The molecule has 0 saturated heterocycles. The van der Waals surface area contributed by atoms with Crippen LogP contribution in [0.15, 0.2) is 40.9 Å². The van der Waals surface area contributed by atoms with Crippen molar-refractivity contribution in [3.63, 3.8) is 0 Å². The van der Waals surface area contributed by atoms with E-state index in [-0.39, 0.29) is 5.97 Å². The van der Waals surface area contributed by atoms with Gasteiger partial charge < -0.3 is 10.1 Å². The molecule has 0 spiro atoms. The first-order chi connectivity index (χ1) is 10.0. The lowest BCUT2D eigenvalue weighted by Gasteiger charge is -2.13. The summed E-state index contributed by atoms with van der Waals surface area (Å²) in [6, 6.07) is 11.2. The molecular formula is C16H15BrClNO2. The number of methoxy groups -OCH3 is 1. The standard InChI is InChI=1S/C16H15BrClNO2/c1-10-3-6-15(13(7-10)16(20)21-2)19-9-11-8-12(18)4-5-14(11)17/h3-8,19H,9H2,1-2H3. The van der Waals surface area contributed by atoms with E-state index in [1.807, 2.05) is 37.3 Å². The summed E-state index contributed by atoms with van der Waals surface area (Å²) in [5.74, 6) is -0.355. The van der Waals surface area contributed by atoms with E-state index < -0.39 is 0 Å². The van der Waals surface area contributed by atoms with E-state index in [0.717, 1.165) is 21.3 Å². The monoisotopic (exact) mass is 367 g/mol. The summed E-state index contributed by atoms with van der Waals surface area (Å²) >= 11 is 9.49. The Labute approximate surface area is 137 Å². The van der Waals surface area contributed by atoms with Crippen LogP contribution in [0.2, 0.25) is 5.02 Å². The molecule has 1 N–H and O–H groups in total. The van der Waals surface area contributed by atoms with Crippen molar-refractivity contribution in [3.05, 3.63) is 62.6 Å². The van der Waals surface area contributed by atoms with Gasteiger partial charge in [0, 0.05) is 21.7 Å². The van der Waals surface area contributed by atoms with Crippen LogP contribution >= 0.6 is 27.5 Å². The molecule has 0 aliphatic carbocycles. The Balaban J connectivity index is 2.24. The van der Waals surface area contributed by atoms with Crippen molar-refractivity contribution in [1.82, 2.24) is 0 Å². The van der Waals surface area contributed by atoms with Crippen LogP contribution < -0.4 is 5.32 Å². The number of esters is 1. The van der Waals surface area contributed by atoms with E-state index in [1.165, 1.54) is 7.11 Å². The smallest absolute Gasteiger partial charge is 0.339 e. The Morgan fingerprint density at radius 1 is 1.29 bits per heavy atom. The van der Waals surface area contributed by atoms with E-state index in [2.05, 4.69) is 21.2 Å². The van der Waals surface area contributed by atoms with Gasteiger partial charge >= 0.3 is 5.97 Å². The molecule has 0 atom stereocenters. The topological polar surface area (TPSA) is 38.3 Å². The Hall–Kier alpha value is -1.52. The summed E-state index contributed by atoms with van der Waals surface area (Å²) in [5.41, 5.74) is 3.28. The van der Waals surface area contributed by atoms with Crippen molar-refractivity contribution < 1.29 is 9.53 Å². The lowest BCUT2D eigenvalue weighted by atomic mass is 10.1. The normalized spacial score (nSPS) is 10.3. The highest BCUT2D eigenvalue weighted by molar-refractivity contribution is 9.10. The predicted molar refractivity (Wildman–Crippen MR) is 89.0 cm³/mol. The summed E-state index contributed by atoms with van der Waals surface area (Å²) in [7, 11) is 1.38. The maximum Gasteiger partial charge on any atom is 0.339 e. The molecule has 21 heavy (non-hydrogen) atoms. The summed E-state index contributed by atoms with van der Waals surface area (Å²) < 4.78 is 5.78. The van der Waals surface area contributed by atoms with Gasteiger partial charge in [0.05, 0.1) is 12.7 Å². The van der Waals surface area contributed by atoms with E-state index in [9.17, 15) is 4.79 Å². The van der Waals surface area contributed by atoms with E-state index in [4.69, 9.17) is 16.3 Å². The maximum absolute atomic E-state index is 11.8. The molecule has 0 bridgehead atoms. The van der Waals surface area contributed by atoms with Gasteiger partial charge in [-0.25, -0.2) is 4.79 Å². The summed E-state index contributed by atoms with van der Waals surface area (Å²) in [6.45, 7) is 2.48. The summed E-state index contributed by atoms with van der Waals surface area (Å²) in [4.78, 5) is 11.8. The molecule has 0 radical (unpaired) electrons. The highest BCUT2D eigenvalue weighted by Gasteiger charge is 2.12. The number of carbonyl (C=O) groups excluding carboxylic acids is 1. The fourth-order valence-corrected chi connectivity index (χ4v) is 2.54. The predicted octanol–water partition coefficient (Wildman–Crippen LogP) is 4.81. The second kappa shape index (κ2) is 6.96. The van der Waals surface area contributed by atoms with Gasteiger partial charge in [-0.3, -0.25) is 0 Å². The second-order valence-corrected chi connectivity index (χ2v) is 5.92. The van der Waals surface area contributed by atoms with Crippen LogP contribution in [0.5, 0.6) is 0 Å². The van der Waals surface area contributed by atoms with Crippen molar-refractivity contribution in [2.24, 2.45) is 0 Å². The lowest BCUT2D eigenvalue weighted by molar-refractivity contribution is 0.0601. The maximum atomic E-state index is 11.8. The largest absolute Gasteiger partial charge is 0.465 e. The first kappa shape index (κ1) is 15.9. The zero-order valence-corrected chi connectivity index (χ0v) is 14.1. The first-order valence-electron chi connectivity index (χ1n) is 6.38. The van der Waals surface area contributed by atoms with Crippen LogP contribution in [0.25, 0.3) is 0 Å². The van der Waals surface area contributed by atoms with Gasteiger partial charge in [-0.2, -0.15) is 0 Å². The molecule has 0 aliphatic heterocycles. The molecule has 5 heteroatoms. The minimum absolute atomic E-state index is 0.355. The molecule has 0 amide bonds. The molecule has 2 rings (SSSR count). The second-order valence-electron chi connectivity index (χ2n) is 4.63. The van der Waals surface area contributed by atoms with Crippen molar-refractivity contribution >= 4 is 39.2 Å². The molecule has 2 aromatic carbocycles. The van der Waals surface area contributed by atoms with Crippen molar-refractivity contribution in [3.8, 4) is 0 Å². The quantitative estimate of drug-likeness (QED) is 0.787. The Morgan fingerprint density at radius 2 is 2.05 bits per heavy atom. The lowest BCUT2D eigenvalue weighted by Crippen LogP contribution is -2.09. The highest BCUT2D eigenvalue weighted by atomic mass is 79.9. The first-order valence-corrected chi connectivity index (χ1v) is 7.55. The molecule has 0 aromatic heterocycles. The van der Waals surface area contributed by atoms with Crippen LogP contribution in [0.1, 0.15) is 21.5 Å². The molecule has 3 nitrogen and oxygen atoms in total. The van der Waals surface area contributed by atoms with E-state index >= 15 is 0 Å². The van der Waals surface area contributed by atoms with Gasteiger partial charge in [-0.15, -0.1) is 0 Å². The van der Waals surface area contributed by atoms with Crippen LogP contribution in [-0.2, 0) is 11.3 Å². The van der Waals surface area contributed by atoms with Crippen LogP contribution in [0, 0.1) is 6.92 Å². The molecule has 0 saturated carbocycles. The van der Waals surface area contributed by atoms with Gasteiger partial charge in [0.1, 0.15) is 0 Å². The third-order valence-corrected chi connectivity index (χ3v) is 4.07. The number of aryl methyl sites for hydroxylation is 1. The van der Waals surface area contributed by atoms with Gasteiger partial charge in [-0.1, -0.05) is 39.2 Å². The third kappa shape index (κ3) is 3.99. The Kier molecular flexibility index (Phi) is 5.26. The van der Waals surface area contributed by atoms with Crippen molar-refractivity contribution in [2.45, 2.75) is 13.5 Å². The van der Waals surface area contributed by atoms with Crippen molar-refractivity contribution in [2.75, 3.05) is 12.4 Å². The van der Waals surface area contributed by atoms with Crippen LogP contribution in [0.4, 0.5) is 5.69 Å². The van der Waals surface area contributed by atoms with Gasteiger partial charge in [0.2, 0.25) is 0 Å². The number of anilines is 1. The Bertz CT molecular complexity index is 673. The van der Waals surface area contributed by atoms with E-state index in [0.29, 0.717) is 17.1 Å². The summed E-state index contributed by atoms with van der Waals surface area (Å²) in [6.07, 6.45) is 0. The molecular weight excluding hydrogens is 354 g/mol. The number of hydrogen-bond acceptors (Lipinski definition) is 3. The number of rotatable bonds is 4. The summed E-state index contributed by atoms with van der Waals surface area (Å²) in [5, 5.41) is 3.92.